The molecule has 1 unspecified atom stereocenters. The smallest absolute Gasteiger partial charge is 0.287 e. The molecule has 7 heteroatoms. The van der Waals surface area contributed by atoms with E-state index in [-0.39, 0.29) is 17.9 Å². The normalized spacial score (nSPS) is 26.2. The van der Waals surface area contributed by atoms with Gasteiger partial charge in [-0.2, -0.15) is 10.1 Å². The van der Waals surface area contributed by atoms with Crippen LogP contribution in [0.3, 0.4) is 0 Å². The summed E-state index contributed by atoms with van der Waals surface area (Å²) >= 11 is 1.35. The second-order valence-corrected chi connectivity index (χ2v) is 6.40. The van der Waals surface area contributed by atoms with E-state index in [0.717, 1.165) is 17.7 Å². The Labute approximate surface area is 118 Å². The van der Waals surface area contributed by atoms with Crippen molar-refractivity contribution in [2.75, 3.05) is 0 Å². The first-order chi connectivity index (χ1) is 9.41. The van der Waals surface area contributed by atoms with E-state index < -0.39 is 18.1 Å². The summed E-state index contributed by atoms with van der Waals surface area (Å²) in [5.74, 6) is -0.532. The molecule has 1 amide bonds. The van der Waals surface area contributed by atoms with E-state index in [2.05, 4.69) is 5.10 Å². The van der Waals surface area contributed by atoms with Gasteiger partial charge in [-0.05, 0) is 31.7 Å². The minimum atomic E-state index is -3.05. The van der Waals surface area contributed by atoms with Crippen molar-refractivity contribution in [3.8, 4) is 0 Å². The predicted molar refractivity (Wildman–Crippen MR) is 71.0 cm³/mol. The van der Waals surface area contributed by atoms with Crippen LogP contribution < -0.4 is 0 Å². The highest BCUT2D eigenvalue weighted by Crippen LogP contribution is 2.41. The van der Waals surface area contributed by atoms with Crippen molar-refractivity contribution in [1.82, 2.24) is 5.01 Å². The summed E-state index contributed by atoms with van der Waals surface area (Å²) in [5.41, 5.74) is -1.72. The average molecular weight is 300 g/mol. The summed E-state index contributed by atoms with van der Waals surface area (Å²) < 4.78 is 26.4. The lowest BCUT2D eigenvalue weighted by Gasteiger charge is -2.29. The fraction of sp³-hybridized carbons (Fsp3) is 0.538. The minimum absolute atomic E-state index is 0.141. The third kappa shape index (κ3) is 2.14. The van der Waals surface area contributed by atoms with Crippen LogP contribution in [0.4, 0.5) is 8.78 Å². The molecule has 20 heavy (non-hydrogen) atoms. The van der Waals surface area contributed by atoms with Crippen molar-refractivity contribution in [2.45, 2.75) is 38.3 Å². The number of rotatable bonds is 3. The van der Waals surface area contributed by atoms with Crippen LogP contribution in [-0.4, -0.2) is 33.9 Å². The number of hydrogen-bond acceptors (Lipinski definition) is 4. The molecule has 2 aliphatic rings. The first kappa shape index (κ1) is 13.6. The Morgan fingerprint density at radius 2 is 2.30 bits per heavy atom. The summed E-state index contributed by atoms with van der Waals surface area (Å²) in [6.07, 6.45) is -1.54. The largest absolute Gasteiger partial charge is 0.364 e. The first-order valence-corrected chi connectivity index (χ1v) is 7.27. The second kappa shape index (κ2) is 4.60. The van der Waals surface area contributed by atoms with Gasteiger partial charge >= 0.3 is 0 Å². The number of alkyl halides is 2. The van der Waals surface area contributed by atoms with Crippen LogP contribution in [0.5, 0.6) is 0 Å². The van der Waals surface area contributed by atoms with E-state index in [1.54, 1.807) is 11.4 Å². The number of aliphatic hydroxyl groups is 1. The van der Waals surface area contributed by atoms with Crippen molar-refractivity contribution in [1.29, 1.82) is 0 Å². The number of carbonyl (C=O) groups is 1. The van der Waals surface area contributed by atoms with Gasteiger partial charge in [0, 0.05) is 22.4 Å². The molecule has 1 aromatic heterocycles. The highest BCUT2D eigenvalue weighted by molar-refractivity contribution is 7.10. The van der Waals surface area contributed by atoms with Crippen molar-refractivity contribution in [2.24, 2.45) is 11.0 Å². The lowest BCUT2D eigenvalue weighted by molar-refractivity contribution is -0.164. The van der Waals surface area contributed by atoms with Gasteiger partial charge in [0.25, 0.3) is 12.3 Å². The zero-order valence-corrected chi connectivity index (χ0v) is 11.7. The lowest BCUT2D eigenvalue weighted by atomic mass is 10.0. The number of amides is 1. The van der Waals surface area contributed by atoms with Crippen LogP contribution in [0.2, 0.25) is 0 Å². The maximum absolute atomic E-state index is 13.2. The first-order valence-electron chi connectivity index (χ1n) is 6.39. The molecule has 0 bridgehead atoms. The fourth-order valence-corrected chi connectivity index (χ4v) is 2.98. The number of carbonyl (C=O) groups excluding carboxylic acids is 1. The highest BCUT2D eigenvalue weighted by Gasteiger charge is 2.54. The predicted octanol–water partition coefficient (Wildman–Crippen LogP) is 2.62. The van der Waals surface area contributed by atoms with Crippen molar-refractivity contribution in [3.05, 3.63) is 21.9 Å². The van der Waals surface area contributed by atoms with E-state index in [0.29, 0.717) is 10.7 Å². The lowest BCUT2D eigenvalue weighted by Crippen LogP contribution is -2.51. The van der Waals surface area contributed by atoms with Gasteiger partial charge in [0.2, 0.25) is 5.72 Å². The molecule has 0 spiro atoms. The molecule has 4 nitrogen and oxygen atoms in total. The molecule has 108 valence electrons. The Bertz CT molecular complexity index is 583. The monoisotopic (exact) mass is 300 g/mol. The molecule has 0 aromatic carbocycles. The van der Waals surface area contributed by atoms with Crippen LogP contribution in [0.1, 0.15) is 34.5 Å². The fourth-order valence-electron chi connectivity index (χ4n) is 2.30. The maximum Gasteiger partial charge on any atom is 0.287 e. The number of aryl methyl sites for hydroxylation is 1. The van der Waals surface area contributed by atoms with Gasteiger partial charge in [0.05, 0.1) is 5.56 Å². The standard InChI is InChI=1S/C13H14F2N2O2S/c1-7-4-9(6-20-7)11(18)17-13(19,12(14)15)5-10(16-17)8-2-3-8/h4,6,8,12,19H,2-3,5H2,1H3. The molecule has 0 radical (unpaired) electrons. The SMILES string of the molecule is Cc1cc(C(=O)N2N=C(C3CC3)CC2(O)C(F)F)cs1. The third-order valence-electron chi connectivity index (χ3n) is 3.60. The number of halogens is 2. The molecule has 3 rings (SSSR count). The molecular weight excluding hydrogens is 286 g/mol. The Balaban J connectivity index is 1.93. The Hall–Kier alpha value is -1.34. The molecule has 2 heterocycles. The van der Waals surface area contributed by atoms with Crippen molar-refractivity contribution >= 4 is 23.0 Å². The second-order valence-electron chi connectivity index (χ2n) is 5.28. The van der Waals surface area contributed by atoms with Gasteiger partial charge < -0.3 is 5.11 Å². The summed E-state index contributed by atoms with van der Waals surface area (Å²) in [7, 11) is 0. The summed E-state index contributed by atoms with van der Waals surface area (Å²) in [6.45, 7) is 1.82. The number of nitrogens with zero attached hydrogens (tertiary/aromatic N) is 2. The zero-order valence-electron chi connectivity index (χ0n) is 10.8. The molecule has 1 N–H and O–H groups in total. The molecular formula is C13H14F2N2O2S. The van der Waals surface area contributed by atoms with E-state index in [1.807, 2.05) is 6.92 Å². The molecule has 1 aromatic rings. The van der Waals surface area contributed by atoms with Crippen LogP contribution in [-0.2, 0) is 0 Å². The summed E-state index contributed by atoms with van der Waals surface area (Å²) in [6, 6.07) is 1.61. The number of hydrogen-bond donors (Lipinski definition) is 1. The maximum atomic E-state index is 13.2. The molecule has 0 saturated heterocycles. The Morgan fingerprint density at radius 1 is 1.60 bits per heavy atom. The van der Waals surface area contributed by atoms with E-state index >= 15 is 0 Å². The van der Waals surface area contributed by atoms with Gasteiger partial charge in [0.15, 0.2) is 0 Å². The number of hydrazone groups is 1. The highest BCUT2D eigenvalue weighted by atomic mass is 32.1. The molecule has 1 aliphatic carbocycles. The molecule has 1 fully saturated rings. The minimum Gasteiger partial charge on any atom is -0.364 e. The topological polar surface area (TPSA) is 52.9 Å². The van der Waals surface area contributed by atoms with Gasteiger partial charge in [-0.1, -0.05) is 0 Å². The number of thiophene rings is 1. The van der Waals surface area contributed by atoms with Gasteiger partial charge in [-0.3, -0.25) is 4.79 Å². The Kier molecular flexibility index (Phi) is 3.13. The van der Waals surface area contributed by atoms with E-state index in [9.17, 15) is 18.7 Å². The van der Waals surface area contributed by atoms with Gasteiger partial charge in [0.1, 0.15) is 0 Å². The quantitative estimate of drug-likeness (QED) is 0.933. The average Bonchev–Trinajstić information content (AvgIpc) is 3.05. The molecule has 1 saturated carbocycles. The van der Waals surface area contributed by atoms with E-state index in [1.165, 1.54) is 11.3 Å². The summed E-state index contributed by atoms with van der Waals surface area (Å²) in [4.78, 5) is 13.2. The van der Waals surface area contributed by atoms with Gasteiger partial charge in [-0.15, -0.1) is 11.3 Å². The van der Waals surface area contributed by atoms with Crippen LogP contribution >= 0.6 is 11.3 Å². The van der Waals surface area contributed by atoms with Gasteiger partial charge in [-0.25, -0.2) is 8.78 Å². The molecule has 1 atom stereocenters. The zero-order chi connectivity index (χ0) is 14.5. The summed E-state index contributed by atoms with van der Waals surface area (Å²) in [5, 5.41) is 16.3. The Morgan fingerprint density at radius 3 is 2.80 bits per heavy atom. The van der Waals surface area contributed by atoms with Crippen molar-refractivity contribution in [3.63, 3.8) is 0 Å². The van der Waals surface area contributed by atoms with E-state index in [4.69, 9.17) is 0 Å². The van der Waals surface area contributed by atoms with Crippen LogP contribution in [0, 0.1) is 12.8 Å². The van der Waals surface area contributed by atoms with Crippen LogP contribution in [0.15, 0.2) is 16.5 Å². The van der Waals surface area contributed by atoms with Crippen molar-refractivity contribution < 1.29 is 18.7 Å². The third-order valence-corrected chi connectivity index (χ3v) is 4.47. The van der Waals surface area contributed by atoms with Crippen LogP contribution in [0.25, 0.3) is 0 Å². The molecule has 1 aliphatic heterocycles.